The lowest BCUT2D eigenvalue weighted by Crippen LogP contribution is -2.39. The van der Waals surface area contributed by atoms with E-state index in [0.717, 1.165) is 27.6 Å². The summed E-state index contributed by atoms with van der Waals surface area (Å²) in [6.45, 7) is 4.27. The number of benzene rings is 3. The SMILES string of the molecule is CCOC(=O)C1=C(C)N=c2s/c(=C/c3cn(Cc4ccc(Cl)cc4Cl)c4ccccc34)c(=O)n2C1c1ccc(OC)cc1. The number of halogens is 2. The third-order valence-corrected chi connectivity index (χ3v) is 8.98. The van der Waals surface area contributed by atoms with E-state index in [0.29, 0.717) is 42.9 Å². The molecule has 3 aromatic carbocycles. The fraction of sp³-hybridized carbons (Fsp3) is 0.182. The monoisotopic (exact) mass is 631 g/mol. The maximum atomic E-state index is 14.1. The Balaban J connectivity index is 1.50. The average Bonchev–Trinajstić information content (AvgIpc) is 3.50. The molecule has 6 rings (SSSR count). The molecule has 43 heavy (non-hydrogen) atoms. The van der Waals surface area contributed by atoms with Crippen LogP contribution in [0.2, 0.25) is 10.0 Å². The number of esters is 1. The molecule has 1 aliphatic heterocycles. The van der Waals surface area contributed by atoms with Gasteiger partial charge in [0.1, 0.15) is 5.75 Å². The Kier molecular flexibility index (Phi) is 8.01. The van der Waals surface area contributed by atoms with Crippen molar-refractivity contribution in [2.24, 2.45) is 4.99 Å². The molecule has 0 aliphatic carbocycles. The summed E-state index contributed by atoms with van der Waals surface area (Å²) in [4.78, 5) is 32.5. The van der Waals surface area contributed by atoms with Gasteiger partial charge in [0, 0.05) is 39.3 Å². The number of methoxy groups -OCH3 is 1. The van der Waals surface area contributed by atoms with Gasteiger partial charge in [-0.1, -0.05) is 70.9 Å². The van der Waals surface area contributed by atoms with Gasteiger partial charge >= 0.3 is 5.97 Å². The lowest BCUT2D eigenvalue weighted by atomic mass is 9.96. The quantitative estimate of drug-likeness (QED) is 0.203. The number of fused-ring (bicyclic) bond motifs is 2. The van der Waals surface area contributed by atoms with Crippen molar-refractivity contribution in [3.05, 3.63) is 131 Å². The molecule has 3 heterocycles. The molecule has 218 valence electrons. The van der Waals surface area contributed by atoms with Gasteiger partial charge in [-0.05, 0) is 61.4 Å². The van der Waals surface area contributed by atoms with Crippen molar-refractivity contribution in [1.29, 1.82) is 0 Å². The largest absolute Gasteiger partial charge is 0.497 e. The first-order chi connectivity index (χ1) is 20.8. The summed E-state index contributed by atoms with van der Waals surface area (Å²) in [5, 5.41) is 2.16. The van der Waals surface area contributed by atoms with Crippen LogP contribution in [-0.2, 0) is 16.1 Å². The van der Waals surface area contributed by atoms with Gasteiger partial charge in [-0.3, -0.25) is 9.36 Å². The lowest BCUT2D eigenvalue weighted by Gasteiger charge is -2.24. The summed E-state index contributed by atoms with van der Waals surface area (Å²) in [5.74, 6) is 0.175. The maximum absolute atomic E-state index is 14.1. The van der Waals surface area contributed by atoms with Gasteiger partial charge in [0.05, 0.1) is 35.6 Å². The molecule has 0 saturated heterocycles. The van der Waals surface area contributed by atoms with Crippen LogP contribution in [0.4, 0.5) is 0 Å². The van der Waals surface area contributed by atoms with Crippen LogP contribution in [0, 0.1) is 0 Å². The molecular formula is C33H27Cl2N3O4S. The lowest BCUT2D eigenvalue weighted by molar-refractivity contribution is -0.139. The zero-order chi connectivity index (χ0) is 30.2. The molecule has 7 nitrogen and oxygen atoms in total. The van der Waals surface area contributed by atoms with Gasteiger partial charge in [-0.25, -0.2) is 9.79 Å². The van der Waals surface area contributed by atoms with Gasteiger partial charge in [0.15, 0.2) is 4.80 Å². The second-order valence-electron chi connectivity index (χ2n) is 10.0. The zero-order valence-electron chi connectivity index (χ0n) is 23.6. The van der Waals surface area contributed by atoms with Crippen molar-refractivity contribution >= 4 is 57.5 Å². The van der Waals surface area contributed by atoms with Gasteiger partial charge in [-0.15, -0.1) is 0 Å². The number of para-hydroxylation sites is 1. The third-order valence-electron chi connectivity index (χ3n) is 7.41. The standard InChI is InChI=1S/C33H27Cl2N3O4S/c1-4-42-32(40)29-19(2)36-33-38(30(29)20-10-13-24(41-3)14-11-20)31(39)28(43-33)15-22-18-37(27-8-6-5-7-25(22)27)17-21-9-12-23(34)16-26(21)35/h5-16,18,30H,4,17H2,1-3H3/b28-15+. The minimum atomic E-state index is -0.697. The molecule has 1 atom stereocenters. The van der Waals surface area contributed by atoms with E-state index in [-0.39, 0.29) is 12.2 Å². The summed E-state index contributed by atoms with van der Waals surface area (Å²) in [5.41, 5.74) is 4.18. The smallest absolute Gasteiger partial charge is 0.338 e. The van der Waals surface area contributed by atoms with E-state index >= 15 is 0 Å². The third kappa shape index (κ3) is 5.42. The summed E-state index contributed by atoms with van der Waals surface area (Å²) in [6.07, 6.45) is 3.91. The number of hydrogen-bond acceptors (Lipinski definition) is 6. The molecule has 0 fully saturated rings. The number of carbonyl (C=O) groups excluding carboxylic acids is 1. The highest BCUT2D eigenvalue weighted by atomic mass is 35.5. The van der Waals surface area contributed by atoms with Crippen molar-refractivity contribution in [2.75, 3.05) is 13.7 Å². The van der Waals surface area contributed by atoms with Crippen molar-refractivity contribution in [1.82, 2.24) is 9.13 Å². The van der Waals surface area contributed by atoms with E-state index < -0.39 is 12.0 Å². The molecule has 0 amide bonds. The van der Waals surface area contributed by atoms with Gasteiger partial charge < -0.3 is 14.0 Å². The first-order valence-electron chi connectivity index (χ1n) is 13.6. The topological polar surface area (TPSA) is 74.8 Å². The molecule has 1 unspecified atom stereocenters. The highest BCUT2D eigenvalue weighted by Crippen LogP contribution is 2.32. The molecule has 1 aliphatic rings. The van der Waals surface area contributed by atoms with Crippen LogP contribution in [0.1, 0.15) is 36.6 Å². The van der Waals surface area contributed by atoms with Crippen molar-refractivity contribution in [2.45, 2.75) is 26.4 Å². The Morgan fingerprint density at radius 3 is 2.58 bits per heavy atom. The van der Waals surface area contributed by atoms with Gasteiger partial charge in [-0.2, -0.15) is 0 Å². The molecule has 10 heteroatoms. The molecule has 0 N–H and O–H groups in total. The normalized spacial score (nSPS) is 15.0. The summed E-state index contributed by atoms with van der Waals surface area (Å²) in [7, 11) is 1.59. The highest BCUT2D eigenvalue weighted by molar-refractivity contribution is 7.07. The molecule has 0 radical (unpaired) electrons. The van der Waals surface area contributed by atoms with E-state index in [4.69, 9.17) is 32.7 Å². The van der Waals surface area contributed by atoms with Crippen LogP contribution in [0.15, 0.2) is 94.0 Å². The Labute approximate surface area is 261 Å². The number of thiazole rings is 1. The molecule has 2 aromatic heterocycles. The number of allylic oxidation sites excluding steroid dienone is 1. The fourth-order valence-electron chi connectivity index (χ4n) is 5.39. The molecule has 0 bridgehead atoms. The van der Waals surface area contributed by atoms with Gasteiger partial charge in [0.25, 0.3) is 5.56 Å². The first-order valence-corrected chi connectivity index (χ1v) is 15.2. The predicted octanol–water partition coefficient (Wildman–Crippen LogP) is 6.12. The summed E-state index contributed by atoms with van der Waals surface area (Å²) in [6, 6.07) is 20.1. The van der Waals surface area contributed by atoms with Crippen LogP contribution in [0.3, 0.4) is 0 Å². The van der Waals surface area contributed by atoms with Gasteiger partial charge in [0.2, 0.25) is 0 Å². The number of nitrogens with zero attached hydrogens (tertiary/aromatic N) is 3. The zero-order valence-corrected chi connectivity index (χ0v) is 26.0. The minimum absolute atomic E-state index is 0.209. The van der Waals surface area contributed by atoms with Crippen LogP contribution < -0.4 is 19.6 Å². The Morgan fingerprint density at radius 1 is 1.09 bits per heavy atom. The maximum Gasteiger partial charge on any atom is 0.338 e. The molecule has 5 aromatic rings. The molecular weight excluding hydrogens is 605 g/mol. The predicted molar refractivity (Wildman–Crippen MR) is 171 cm³/mol. The molecule has 0 spiro atoms. The van der Waals surface area contributed by atoms with Crippen LogP contribution in [0.25, 0.3) is 17.0 Å². The number of carbonyl (C=O) groups is 1. The fourth-order valence-corrected chi connectivity index (χ4v) is 6.89. The van der Waals surface area contributed by atoms with Crippen LogP contribution >= 0.6 is 34.5 Å². The minimum Gasteiger partial charge on any atom is -0.497 e. The highest BCUT2D eigenvalue weighted by Gasteiger charge is 2.33. The summed E-state index contributed by atoms with van der Waals surface area (Å²) >= 11 is 13.9. The van der Waals surface area contributed by atoms with Crippen LogP contribution in [-0.4, -0.2) is 28.8 Å². The average molecular weight is 633 g/mol. The number of rotatable bonds is 7. The Bertz CT molecular complexity index is 2090. The van der Waals surface area contributed by atoms with Crippen molar-refractivity contribution in [3.63, 3.8) is 0 Å². The Hall–Kier alpha value is -4.11. The van der Waals surface area contributed by atoms with E-state index in [1.807, 2.05) is 72.9 Å². The van der Waals surface area contributed by atoms with Crippen molar-refractivity contribution < 1.29 is 14.3 Å². The van der Waals surface area contributed by atoms with E-state index in [1.54, 1.807) is 31.6 Å². The number of aromatic nitrogens is 2. The second kappa shape index (κ2) is 11.9. The number of hydrogen-bond donors (Lipinski definition) is 0. The van der Waals surface area contributed by atoms with E-state index in [9.17, 15) is 9.59 Å². The number of ether oxygens (including phenoxy) is 2. The van der Waals surface area contributed by atoms with Crippen LogP contribution in [0.5, 0.6) is 5.75 Å². The van der Waals surface area contributed by atoms with E-state index in [1.165, 1.54) is 11.3 Å². The first kappa shape index (κ1) is 29.0. The second-order valence-corrected chi connectivity index (χ2v) is 11.9. The molecule has 0 saturated carbocycles. The Morgan fingerprint density at radius 2 is 1.86 bits per heavy atom. The van der Waals surface area contributed by atoms with E-state index in [2.05, 4.69) is 9.56 Å². The van der Waals surface area contributed by atoms with Crippen molar-refractivity contribution in [3.8, 4) is 5.75 Å². The summed E-state index contributed by atoms with van der Waals surface area (Å²) < 4.78 is 14.9.